The smallest absolute Gasteiger partial charge is 0.194 e. The van der Waals surface area contributed by atoms with Crippen molar-refractivity contribution in [1.29, 1.82) is 0 Å². The fraction of sp³-hybridized carbons (Fsp3) is 0.615. The van der Waals surface area contributed by atoms with Crippen LogP contribution >= 0.6 is 11.3 Å². The van der Waals surface area contributed by atoms with E-state index in [2.05, 4.69) is 58.3 Å². The van der Waals surface area contributed by atoms with Gasteiger partial charge in [-0.3, -0.25) is 4.40 Å². The minimum atomic E-state index is 0.133. The molecule has 0 saturated carbocycles. The van der Waals surface area contributed by atoms with Crippen molar-refractivity contribution < 1.29 is 0 Å². The molecule has 0 radical (unpaired) electrons. The first-order chi connectivity index (χ1) is 7.18. The highest BCUT2D eigenvalue weighted by molar-refractivity contribution is 7.17. The summed E-state index contributed by atoms with van der Waals surface area (Å²) in [5.74, 6) is 0. The van der Waals surface area contributed by atoms with Crippen LogP contribution in [0.1, 0.15) is 52.1 Å². The molecule has 2 heterocycles. The lowest BCUT2D eigenvalue weighted by Gasteiger charge is -2.15. The van der Waals surface area contributed by atoms with E-state index >= 15 is 0 Å². The number of thiazole rings is 1. The van der Waals surface area contributed by atoms with E-state index in [1.807, 2.05) is 0 Å². The Bertz CT molecular complexity index is 431. The van der Waals surface area contributed by atoms with E-state index < -0.39 is 0 Å². The first kappa shape index (κ1) is 11.6. The molecule has 16 heavy (non-hydrogen) atoms. The van der Waals surface area contributed by atoms with Gasteiger partial charge in [-0.2, -0.15) is 0 Å². The van der Waals surface area contributed by atoms with E-state index in [4.69, 9.17) is 4.98 Å². The van der Waals surface area contributed by atoms with Gasteiger partial charge in [-0.1, -0.05) is 41.5 Å². The number of rotatable bonds is 0. The maximum atomic E-state index is 4.70. The maximum Gasteiger partial charge on any atom is 0.194 e. The number of aromatic nitrogens is 2. The summed E-state index contributed by atoms with van der Waals surface area (Å²) in [5, 5.41) is 0. The maximum absolute atomic E-state index is 4.70. The van der Waals surface area contributed by atoms with Crippen molar-refractivity contribution >= 4 is 16.3 Å². The molecule has 0 saturated heterocycles. The quantitative estimate of drug-likeness (QED) is 0.676. The van der Waals surface area contributed by atoms with Gasteiger partial charge >= 0.3 is 0 Å². The zero-order valence-corrected chi connectivity index (χ0v) is 11.8. The first-order valence-electron chi connectivity index (χ1n) is 5.67. The van der Waals surface area contributed by atoms with Crippen LogP contribution in [0.2, 0.25) is 0 Å². The van der Waals surface area contributed by atoms with Crippen molar-refractivity contribution in [1.82, 2.24) is 9.38 Å². The monoisotopic (exact) mass is 236 g/mol. The van der Waals surface area contributed by atoms with E-state index in [1.165, 1.54) is 10.6 Å². The molecule has 0 aromatic carbocycles. The zero-order chi connectivity index (χ0) is 12.1. The summed E-state index contributed by atoms with van der Waals surface area (Å²) in [6.45, 7) is 13.3. The molecule has 2 nitrogen and oxygen atoms in total. The van der Waals surface area contributed by atoms with Gasteiger partial charge in [0.25, 0.3) is 0 Å². The summed E-state index contributed by atoms with van der Waals surface area (Å²) in [6.07, 6.45) is 4.36. The minimum absolute atomic E-state index is 0.133. The molecule has 0 atom stereocenters. The van der Waals surface area contributed by atoms with Crippen molar-refractivity contribution in [3.63, 3.8) is 0 Å². The van der Waals surface area contributed by atoms with Crippen molar-refractivity contribution in [3.05, 3.63) is 23.0 Å². The van der Waals surface area contributed by atoms with Gasteiger partial charge in [0.2, 0.25) is 0 Å². The summed E-state index contributed by atoms with van der Waals surface area (Å²) < 4.78 is 2.16. The van der Waals surface area contributed by atoms with Gasteiger partial charge in [0.1, 0.15) is 0 Å². The van der Waals surface area contributed by atoms with Gasteiger partial charge in [-0.05, 0) is 5.41 Å². The van der Waals surface area contributed by atoms with Crippen LogP contribution in [0.4, 0.5) is 0 Å². The van der Waals surface area contributed by atoms with E-state index in [-0.39, 0.29) is 10.8 Å². The normalized spacial score (nSPS) is 13.6. The summed E-state index contributed by atoms with van der Waals surface area (Å²) in [5.41, 5.74) is 1.51. The van der Waals surface area contributed by atoms with E-state index in [0.29, 0.717) is 0 Å². The van der Waals surface area contributed by atoms with Crippen molar-refractivity contribution in [2.24, 2.45) is 0 Å². The van der Waals surface area contributed by atoms with Crippen molar-refractivity contribution in [3.8, 4) is 0 Å². The summed E-state index contributed by atoms with van der Waals surface area (Å²) in [4.78, 5) is 7.19. The van der Waals surface area contributed by atoms with E-state index in [1.54, 1.807) is 11.3 Å². The van der Waals surface area contributed by atoms with Crippen LogP contribution < -0.4 is 0 Å². The lowest BCUT2D eigenvalue weighted by Crippen LogP contribution is -2.11. The number of fused-ring (bicyclic) bond motifs is 1. The Labute approximate surface area is 101 Å². The second-order valence-electron chi connectivity index (χ2n) is 6.41. The third-order valence-corrected chi connectivity index (χ3v) is 4.09. The number of hydrogen-bond donors (Lipinski definition) is 0. The molecule has 0 spiro atoms. The third-order valence-electron chi connectivity index (χ3n) is 2.66. The Morgan fingerprint density at radius 2 is 1.62 bits per heavy atom. The van der Waals surface area contributed by atoms with Gasteiger partial charge in [-0.15, -0.1) is 11.3 Å². The van der Waals surface area contributed by atoms with Gasteiger partial charge < -0.3 is 0 Å². The number of hydrogen-bond acceptors (Lipinski definition) is 2. The van der Waals surface area contributed by atoms with Crippen LogP contribution in [-0.2, 0) is 10.8 Å². The Morgan fingerprint density at radius 1 is 1.00 bits per heavy atom. The average Bonchev–Trinajstić information content (AvgIpc) is 2.53. The Balaban J connectivity index is 2.49. The van der Waals surface area contributed by atoms with Crippen LogP contribution in [-0.4, -0.2) is 9.38 Å². The topological polar surface area (TPSA) is 17.3 Å². The molecule has 0 unspecified atom stereocenters. The van der Waals surface area contributed by atoms with Gasteiger partial charge in [-0.25, -0.2) is 4.98 Å². The lowest BCUT2D eigenvalue weighted by atomic mass is 9.93. The molecule has 88 valence electrons. The highest BCUT2D eigenvalue weighted by atomic mass is 32.1. The van der Waals surface area contributed by atoms with E-state index in [9.17, 15) is 0 Å². The molecule has 0 N–H and O–H groups in total. The van der Waals surface area contributed by atoms with Gasteiger partial charge in [0.15, 0.2) is 4.96 Å². The predicted octanol–water partition coefficient (Wildman–Crippen LogP) is 3.99. The molecule has 0 aliphatic carbocycles. The van der Waals surface area contributed by atoms with Crippen LogP contribution in [0.25, 0.3) is 4.96 Å². The SMILES string of the molecule is CC(C)(C)c1cn2cc(C(C)(C)C)sc2n1. The average molecular weight is 236 g/mol. The number of nitrogens with zero attached hydrogens (tertiary/aromatic N) is 2. The molecule has 0 fully saturated rings. The molecule has 0 aliphatic heterocycles. The van der Waals surface area contributed by atoms with Crippen LogP contribution in [0.15, 0.2) is 12.4 Å². The summed E-state index contributed by atoms with van der Waals surface area (Å²) in [6, 6.07) is 0. The summed E-state index contributed by atoms with van der Waals surface area (Å²) >= 11 is 1.79. The molecule has 0 amide bonds. The highest BCUT2D eigenvalue weighted by Gasteiger charge is 2.21. The van der Waals surface area contributed by atoms with Gasteiger partial charge in [0, 0.05) is 22.7 Å². The zero-order valence-electron chi connectivity index (χ0n) is 11.0. The molecule has 3 heteroatoms. The molecule has 2 aromatic heterocycles. The molecular weight excluding hydrogens is 216 g/mol. The van der Waals surface area contributed by atoms with Crippen LogP contribution in [0.5, 0.6) is 0 Å². The van der Waals surface area contributed by atoms with Crippen LogP contribution in [0, 0.1) is 0 Å². The highest BCUT2D eigenvalue weighted by Crippen LogP contribution is 2.31. The minimum Gasteiger partial charge on any atom is -0.297 e. The second kappa shape index (κ2) is 3.33. The second-order valence-corrected chi connectivity index (χ2v) is 7.42. The fourth-order valence-corrected chi connectivity index (χ4v) is 2.53. The Morgan fingerprint density at radius 3 is 2.06 bits per heavy atom. The third kappa shape index (κ3) is 2.01. The van der Waals surface area contributed by atoms with Crippen molar-refractivity contribution in [2.45, 2.75) is 52.4 Å². The molecule has 0 aliphatic rings. The Kier molecular flexibility index (Phi) is 2.42. The number of imidazole rings is 1. The summed E-state index contributed by atoms with van der Waals surface area (Å²) in [7, 11) is 0. The fourth-order valence-electron chi connectivity index (χ4n) is 1.50. The molecule has 2 aromatic rings. The standard InChI is InChI=1S/C13H20N2S/c1-12(2,3)9-7-15-8-10(13(4,5)6)16-11(15)14-9/h7-8H,1-6H3. The Hall–Kier alpha value is -0.830. The molecule has 2 rings (SSSR count). The van der Waals surface area contributed by atoms with E-state index in [0.717, 1.165) is 4.96 Å². The first-order valence-corrected chi connectivity index (χ1v) is 6.49. The van der Waals surface area contributed by atoms with Crippen molar-refractivity contribution in [2.75, 3.05) is 0 Å². The molecule has 0 bridgehead atoms. The predicted molar refractivity (Wildman–Crippen MR) is 70.5 cm³/mol. The van der Waals surface area contributed by atoms with Crippen LogP contribution in [0.3, 0.4) is 0 Å². The van der Waals surface area contributed by atoms with Gasteiger partial charge in [0.05, 0.1) is 5.69 Å². The largest absolute Gasteiger partial charge is 0.297 e. The lowest BCUT2D eigenvalue weighted by molar-refractivity contribution is 0.572. The molecular formula is C13H20N2S.